The maximum atomic E-state index is 11.6. The van der Waals surface area contributed by atoms with E-state index in [1.54, 1.807) is 0 Å². The summed E-state index contributed by atoms with van der Waals surface area (Å²) in [7, 11) is 0. The van der Waals surface area contributed by atoms with Gasteiger partial charge in [-0.15, -0.1) is 0 Å². The Morgan fingerprint density at radius 2 is 1.04 bits per heavy atom. The molecule has 23 heavy (non-hydrogen) atoms. The molecule has 0 heterocycles. The van der Waals surface area contributed by atoms with Crippen LogP contribution in [0, 0.1) is 0 Å². The van der Waals surface area contributed by atoms with Crippen LogP contribution >= 0.6 is 31.9 Å². The molecule has 0 atom stereocenters. The van der Waals surface area contributed by atoms with Gasteiger partial charge in [-0.3, -0.25) is 9.59 Å². The standard InChI is InChI=1S/C17H14Br2O4/c18-14-5-1-12(2-6-14)10-22-16(20)9-17(21)23-11-13-3-7-15(19)8-4-13/h1-8H,9-11H2. The predicted octanol–water partition coefficient (Wildman–Crippen LogP) is 4.39. The van der Waals surface area contributed by atoms with Gasteiger partial charge in [-0.05, 0) is 35.4 Å². The van der Waals surface area contributed by atoms with E-state index in [9.17, 15) is 9.59 Å². The zero-order valence-electron chi connectivity index (χ0n) is 12.1. The molecule has 0 aliphatic rings. The Kier molecular flexibility index (Phi) is 6.80. The van der Waals surface area contributed by atoms with Gasteiger partial charge in [0.2, 0.25) is 0 Å². The van der Waals surface area contributed by atoms with Crippen molar-refractivity contribution in [2.75, 3.05) is 0 Å². The maximum Gasteiger partial charge on any atom is 0.317 e. The van der Waals surface area contributed by atoms with Gasteiger partial charge in [-0.1, -0.05) is 56.1 Å². The highest BCUT2D eigenvalue weighted by Crippen LogP contribution is 2.12. The van der Waals surface area contributed by atoms with Gasteiger partial charge in [-0.2, -0.15) is 0 Å². The highest BCUT2D eigenvalue weighted by Gasteiger charge is 2.12. The molecule has 0 aliphatic heterocycles. The zero-order valence-corrected chi connectivity index (χ0v) is 15.3. The molecule has 120 valence electrons. The molecule has 0 bridgehead atoms. The number of hydrogen-bond acceptors (Lipinski definition) is 4. The first-order chi connectivity index (χ1) is 11.0. The number of hydrogen-bond donors (Lipinski definition) is 0. The Morgan fingerprint density at radius 3 is 1.39 bits per heavy atom. The summed E-state index contributed by atoms with van der Waals surface area (Å²) in [5.74, 6) is -1.21. The maximum absolute atomic E-state index is 11.6. The second kappa shape index (κ2) is 8.84. The summed E-state index contributed by atoms with van der Waals surface area (Å²) in [6, 6.07) is 14.8. The fraction of sp³-hybridized carbons (Fsp3) is 0.176. The molecule has 2 aromatic rings. The van der Waals surface area contributed by atoms with E-state index in [1.807, 2.05) is 48.5 Å². The van der Waals surface area contributed by atoms with E-state index >= 15 is 0 Å². The van der Waals surface area contributed by atoms with Crippen molar-refractivity contribution in [2.45, 2.75) is 19.6 Å². The minimum atomic E-state index is -0.603. The molecule has 2 aromatic carbocycles. The molecular formula is C17H14Br2O4. The van der Waals surface area contributed by atoms with Crippen LogP contribution in [0.2, 0.25) is 0 Å². The lowest BCUT2D eigenvalue weighted by Crippen LogP contribution is -2.13. The molecule has 0 N–H and O–H groups in total. The van der Waals surface area contributed by atoms with Crippen LogP contribution in [0.3, 0.4) is 0 Å². The third-order valence-corrected chi connectivity index (χ3v) is 3.97. The van der Waals surface area contributed by atoms with Gasteiger partial charge in [-0.25, -0.2) is 0 Å². The number of carbonyl (C=O) groups is 2. The summed E-state index contributed by atoms with van der Waals surface area (Å²) in [6.45, 7) is 0.262. The lowest BCUT2D eigenvalue weighted by molar-refractivity contribution is -0.156. The molecule has 0 aromatic heterocycles. The largest absolute Gasteiger partial charge is 0.460 e. The van der Waals surface area contributed by atoms with Crippen LogP contribution in [0.4, 0.5) is 0 Å². The Balaban J connectivity index is 1.70. The molecule has 4 nitrogen and oxygen atoms in total. The van der Waals surface area contributed by atoms with Crippen LogP contribution in [-0.2, 0) is 32.3 Å². The van der Waals surface area contributed by atoms with Gasteiger partial charge in [0.15, 0.2) is 0 Å². The van der Waals surface area contributed by atoms with Gasteiger partial charge in [0, 0.05) is 8.95 Å². The number of esters is 2. The molecule has 6 heteroatoms. The van der Waals surface area contributed by atoms with Crippen LogP contribution in [0.5, 0.6) is 0 Å². The zero-order chi connectivity index (χ0) is 16.7. The van der Waals surface area contributed by atoms with Gasteiger partial charge in [0.05, 0.1) is 0 Å². The normalized spacial score (nSPS) is 10.2. The van der Waals surface area contributed by atoms with Gasteiger partial charge < -0.3 is 9.47 Å². The number of benzene rings is 2. The van der Waals surface area contributed by atoms with Crippen molar-refractivity contribution in [1.29, 1.82) is 0 Å². The van der Waals surface area contributed by atoms with E-state index in [2.05, 4.69) is 31.9 Å². The van der Waals surface area contributed by atoms with E-state index < -0.39 is 18.4 Å². The van der Waals surface area contributed by atoms with Crippen molar-refractivity contribution in [3.63, 3.8) is 0 Å². The third-order valence-electron chi connectivity index (χ3n) is 2.91. The van der Waals surface area contributed by atoms with Crippen LogP contribution in [0.15, 0.2) is 57.5 Å². The van der Waals surface area contributed by atoms with Gasteiger partial charge >= 0.3 is 11.9 Å². The van der Waals surface area contributed by atoms with Gasteiger partial charge in [0.25, 0.3) is 0 Å². The number of carbonyl (C=O) groups excluding carboxylic acids is 2. The van der Waals surface area contributed by atoms with Crippen LogP contribution in [0.1, 0.15) is 17.5 Å². The Hall–Kier alpha value is -1.66. The lowest BCUT2D eigenvalue weighted by Gasteiger charge is -2.06. The number of rotatable bonds is 6. The van der Waals surface area contributed by atoms with E-state index in [-0.39, 0.29) is 13.2 Å². The summed E-state index contributed by atoms with van der Waals surface area (Å²) in [5.41, 5.74) is 1.70. The van der Waals surface area contributed by atoms with Crippen molar-refractivity contribution < 1.29 is 19.1 Å². The van der Waals surface area contributed by atoms with E-state index in [4.69, 9.17) is 9.47 Å². The summed E-state index contributed by atoms with van der Waals surface area (Å²) >= 11 is 6.65. The molecular weight excluding hydrogens is 428 g/mol. The first-order valence-corrected chi connectivity index (χ1v) is 8.41. The molecule has 0 fully saturated rings. The second-order valence-electron chi connectivity index (χ2n) is 4.75. The predicted molar refractivity (Wildman–Crippen MR) is 92.5 cm³/mol. The van der Waals surface area contributed by atoms with E-state index in [1.165, 1.54) is 0 Å². The quantitative estimate of drug-likeness (QED) is 0.492. The average Bonchev–Trinajstić information content (AvgIpc) is 2.54. The van der Waals surface area contributed by atoms with Crippen LogP contribution < -0.4 is 0 Å². The van der Waals surface area contributed by atoms with Crippen molar-refractivity contribution in [3.05, 3.63) is 68.6 Å². The second-order valence-corrected chi connectivity index (χ2v) is 6.58. The Bertz CT molecular complexity index is 606. The molecule has 0 amide bonds. The Labute approximate surface area is 151 Å². The summed E-state index contributed by atoms with van der Waals surface area (Å²) in [5, 5.41) is 0. The van der Waals surface area contributed by atoms with Crippen molar-refractivity contribution in [3.8, 4) is 0 Å². The van der Waals surface area contributed by atoms with E-state index in [0.717, 1.165) is 20.1 Å². The first kappa shape index (κ1) is 17.7. The SMILES string of the molecule is O=C(CC(=O)OCc1ccc(Br)cc1)OCc1ccc(Br)cc1. The topological polar surface area (TPSA) is 52.6 Å². The minimum Gasteiger partial charge on any atom is -0.460 e. The highest BCUT2D eigenvalue weighted by atomic mass is 79.9. The van der Waals surface area contributed by atoms with Gasteiger partial charge in [0.1, 0.15) is 19.6 Å². The fourth-order valence-corrected chi connectivity index (χ4v) is 2.24. The number of halogens is 2. The van der Waals surface area contributed by atoms with Crippen LogP contribution in [-0.4, -0.2) is 11.9 Å². The molecule has 0 radical (unpaired) electrons. The molecule has 0 spiro atoms. The van der Waals surface area contributed by atoms with Crippen molar-refractivity contribution in [2.24, 2.45) is 0 Å². The highest BCUT2D eigenvalue weighted by molar-refractivity contribution is 9.10. The van der Waals surface area contributed by atoms with Crippen molar-refractivity contribution in [1.82, 2.24) is 0 Å². The minimum absolute atomic E-state index is 0.131. The first-order valence-electron chi connectivity index (χ1n) is 6.83. The molecule has 2 rings (SSSR count). The average molecular weight is 442 g/mol. The molecule has 0 unspecified atom stereocenters. The number of ether oxygens (including phenoxy) is 2. The summed E-state index contributed by atoms with van der Waals surface area (Å²) < 4.78 is 12.0. The third kappa shape index (κ3) is 6.54. The monoisotopic (exact) mass is 440 g/mol. The fourth-order valence-electron chi connectivity index (χ4n) is 1.71. The smallest absolute Gasteiger partial charge is 0.317 e. The van der Waals surface area contributed by atoms with Crippen LogP contribution in [0.25, 0.3) is 0 Å². The van der Waals surface area contributed by atoms with E-state index in [0.29, 0.717) is 0 Å². The Morgan fingerprint density at radius 1 is 0.696 bits per heavy atom. The molecule has 0 saturated carbocycles. The summed E-state index contributed by atoms with van der Waals surface area (Å²) in [6.07, 6.45) is -0.396. The molecule has 0 aliphatic carbocycles. The lowest BCUT2D eigenvalue weighted by atomic mass is 10.2. The van der Waals surface area contributed by atoms with Crippen molar-refractivity contribution >= 4 is 43.8 Å². The summed E-state index contributed by atoms with van der Waals surface area (Å²) in [4.78, 5) is 23.2. The molecule has 0 saturated heterocycles.